The zero-order valence-electron chi connectivity index (χ0n) is 13.7. The standard InChI is InChI=1S/C15H26N2O3S/c1-15(2,3)13-7-8-14(20-6)12(11-13)9-10-16-21(18,19)17(4)5/h7-8,11,16H,9-10H2,1-6H3. The first-order chi connectivity index (χ1) is 9.58. The highest BCUT2D eigenvalue weighted by Crippen LogP contribution is 2.28. The number of ether oxygens (including phenoxy) is 1. The van der Waals surface area contributed by atoms with Gasteiger partial charge in [-0.05, 0) is 29.0 Å². The minimum absolute atomic E-state index is 0.0458. The first-order valence-corrected chi connectivity index (χ1v) is 8.36. The molecule has 0 atom stereocenters. The Labute approximate surface area is 128 Å². The molecule has 0 radical (unpaired) electrons. The molecule has 0 aliphatic carbocycles. The number of methoxy groups -OCH3 is 1. The summed E-state index contributed by atoms with van der Waals surface area (Å²) in [6.07, 6.45) is 0.583. The molecule has 0 saturated heterocycles. The van der Waals surface area contributed by atoms with Gasteiger partial charge >= 0.3 is 0 Å². The van der Waals surface area contributed by atoms with Gasteiger partial charge in [0, 0.05) is 20.6 Å². The molecule has 0 fully saturated rings. The molecule has 0 unspecified atom stereocenters. The van der Waals surface area contributed by atoms with Gasteiger partial charge < -0.3 is 4.74 Å². The number of rotatable bonds is 6. The molecule has 0 aliphatic heterocycles. The van der Waals surface area contributed by atoms with Crippen LogP contribution in [0.5, 0.6) is 5.75 Å². The fourth-order valence-electron chi connectivity index (χ4n) is 1.88. The van der Waals surface area contributed by atoms with Crippen LogP contribution in [-0.4, -0.2) is 40.5 Å². The summed E-state index contributed by atoms with van der Waals surface area (Å²) in [6.45, 7) is 6.78. The van der Waals surface area contributed by atoms with Crippen LogP contribution in [0.2, 0.25) is 0 Å². The largest absolute Gasteiger partial charge is 0.496 e. The number of hydrogen-bond acceptors (Lipinski definition) is 3. The molecule has 1 rings (SSSR count). The summed E-state index contributed by atoms with van der Waals surface area (Å²) in [7, 11) is 1.25. The highest BCUT2D eigenvalue weighted by atomic mass is 32.2. The van der Waals surface area contributed by atoms with E-state index in [4.69, 9.17) is 4.74 Å². The van der Waals surface area contributed by atoms with E-state index < -0.39 is 10.2 Å². The maximum Gasteiger partial charge on any atom is 0.278 e. The molecule has 0 amide bonds. The van der Waals surface area contributed by atoms with Gasteiger partial charge in [-0.2, -0.15) is 12.7 Å². The molecule has 1 aromatic carbocycles. The molecular formula is C15H26N2O3S. The van der Waals surface area contributed by atoms with Crippen LogP contribution in [0.25, 0.3) is 0 Å². The molecule has 21 heavy (non-hydrogen) atoms. The van der Waals surface area contributed by atoms with Gasteiger partial charge in [0.1, 0.15) is 5.75 Å². The second kappa shape index (κ2) is 6.77. The van der Waals surface area contributed by atoms with E-state index in [1.807, 2.05) is 12.1 Å². The Balaban J connectivity index is 2.87. The Bertz CT molecular complexity index is 575. The van der Waals surface area contributed by atoms with Crippen LogP contribution < -0.4 is 9.46 Å². The van der Waals surface area contributed by atoms with Crippen molar-refractivity contribution in [2.75, 3.05) is 27.7 Å². The fourth-order valence-corrected chi connectivity index (χ4v) is 2.50. The molecule has 1 N–H and O–H groups in total. The van der Waals surface area contributed by atoms with Crippen molar-refractivity contribution in [2.45, 2.75) is 32.6 Å². The van der Waals surface area contributed by atoms with Gasteiger partial charge in [0.15, 0.2) is 0 Å². The van der Waals surface area contributed by atoms with Crippen LogP contribution in [0, 0.1) is 0 Å². The van der Waals surface area contributed by atoms with E-state index in [9.17, 15) is 8.42 Å². The Kier molecular flexibility index (Phi) is 5.78. The first kappa shape index (κ1) is 17.9. The highest BCUT2D eigenvalue weighted by molar-refractivity contribution is 7.87. The van der Waals surface area contributed by atoms with E-state index in [2.05, 4.69) is 31.6 Å². The normalized spacial score (nSPS) is 12.7. The predicted octanol–water partition coefficient (Wildman–Crippen LogP) is 1.93. The maximum absolute atomic E-state index is 11.7. The van der Waals surface area contributed by atoms with Crippen molar-refractivity contribution in [3.8, 4) is 5.75 Å². The van der Waals surface area contributed by atoms with Crippen molar-refractivity contribution in [3.63, 3.8) is 0 Å². The smallest absolute Gasteiger partial charge is 0.278 e. The Hall–Kier alpha value is -1.11. The van der Waals surface area contributed by atoms with Gasteiger partial charge in [-0.1, -0.05) is 32.9 Å². The summed E-state index contributed by atoms with van der Waals surface area (Å²) >= 11 is 0. The number of hydrogen-bond donors (Lipinski definition) is 1. The van der Waals surface area contributed by atoms with Gasteiger partial charge in [0.2, 0.25) is 0 Å². The molecule has 120 valence electrons. The van der Waals surface area contributed by atoms with Crippen molar-refractivity contribution in [1.29, 1.82) is 0 Å². The van der Waals surface area contributed by atoms with E-state index in [1.54, 1.807) is 7.11 Å². The Morgan fingerprint density at radius 3 is 2.33 bits per heavy atom. The van der Waals surface area contributed by atoms with Crippen LogP contribution in [0.4, 0.5) is 0 Å². The van der Waals surface area contributed by atoms with E-state index in [1.165, 1.54) is 19.7 Å². The third-order valence-corrected chi connectivity index (χ3v) is 4.84. The first-order valence-electron chi connectivity index (χ1n) is 6.92. The van der Waals surface area contributed by atoms with Crippen LogP contribution in [-0.2, 0) is 22.0 Å². The van der Waals surface area contributed by atoms with E-state index >= 15 is 0 Å². The zero-order valence-corrected chi connectivity index (χ0v) is 14.5. The molecule has 1 aromatic rings. The van der Waals surface area contributed by atoms with Crippen LogP contribution in [0.3, 0.4) is 0 Å². The topological polar surface area (TPSA) is 58.6 Å². The van der Waals surface area contributed by atoms with Gasteiger partial charge in [-0.3, -0.25) is 0 Å². The second-order valence-electron chi connectivity index (χ2n) is 6.21. The van der Waals surface area contributed by atoms with Crippen molar-refractivity contribution < 1.29 is 13.2 Å². The van der Waals surface area contributed by atoms with Crippen LogP contribution in [0.15, 0.2) is 18.2 Å². The summed E-state index contributed by atoms with van der Waals surface area (Å²) in [5.74, 6) is 0.784. The van der Waals surface area contributed by atoms with Gasteiger partial charge in [-0.15, -0.1) is 0 Å². The quantitative estimate of drug-likeness (QED) is 0.873. The lowest BCUT2D eigenvalue weighted by Crippen LogP contribution is -2.36. The van der Waals surface area contributed by atoms with Gasteiger partial charge in [0.25, 0.3) is 10.2 Å². The molecule has 0 saturated carbocycles. The van der Waals surface area contributed by atoms with Crippen molar-refractivity contribution in [3.05, 3.63) is 29.3 Å². The third kappa shape index (κ3) is 4.98. The predicted molar refractivity (Wildman–Crippen MR) is 86.0 cm³/mol. The number of benzene rings is 1. The van der Waals surface area contributed by atoms with Gasteiger partial charge in [-0.25, -0.2) is 4.72 Å². The molecular weight excluding hydrogens is 288 g/mol. The third-order valence-electron chi connectivity index (χ3n) is 3.31. The second-order valence-corrected chi connectivity index (χ2v) is 8.18. The molecule has 0 aliphatic rings. The summed E-state index contributed by atoms with van der Waals surface area (Å²) in [4.78, 5) is 0. The highest BCUT2D eigenvalue weighted by Gasteiger charge is 2.17. The minimum Gasteiger partial charge on any atom is -0.496 e. The molecule has 6 heteroatoms. The van der Waals surface area contributed by atoms with E-state index in [-0.39, 0.29) is 5.41 Å². The van der Waals surface area contributed by atoms with E-state index in [0.717, 1.165) is 15.6 Å². The van der Waals surface area contributed by atoms with Crippen LogP contribution >= 0.6 is 0 Å². The summed E-state index contributed by atoms with van der Waals surface area (Å²) in [5, 5.41) is 0. The molecule has 0 heterocycles. The van der Waals surface area contributed by atoms with Crippen LogP contribution in [0.1, 0.15) is 31.9 Å². The zero-order chi connectivity index (χ0) is 16.3. The van der Waals surface area contributed by atoms with Crippen molar-refractivity contribution in [2.24, 2.45) is 0 Å². The summed E-state index contributed by atoms with van der Waals surface area (Å²) in [5.41, 5.74) is 2.25. The summed E-state index contributed by atoms with van der Waals surface area (Å²) in [6, 6.07) is 6.07. The lowest BCUT2D eigenvalue weighted by Gasteiger charge is -2.21. The fraction of sp³-hybridized carbons (Fsp3) is 0.600. The lowest BCUT2D eigenvalue weighted by atomic mass is 9.85. The minimum atomic E-state index is -3.38. The molecule has 0 aromatic heterocycles. The number of nitrogens with zero attached hydrogens (tertiary/aromatic N) is 1. The average molecular weight is 314 g/mol. The SMILES string of the molecule is COc1ccc(C(C)(C)C)cc1CCNS(=O)(=O)N(C)C. The summed E-state index contributed by atoms with van der Waals surface area (Å²) < 4.78 is 32.4. The Morgan fingerprint density at radius 2 is 1.86 bits per heavy atom. The van der Waals surface area contributed by atoms with Crippen molar-refractivity contribution >= 4 is 10.2 Å². The monoisotopic (exact) mass is 314 g/mol. The lowest BCUT2D eigenvalue weighted by molar-refractivity contribution is 0.408. The molecule has 0 spiro atoms. The average Bonchev–Trinajstić information content (AvgIpc) is 2.37. The molecule has 5 nitrogen and oxygen atoms in total. The maximum atomic E-state index is 11.7. The van der Waals surface area contributed by atoms with Gasteiger partial charge in [0.05, 0.1) is 7.11 Å². The number of nitrogens with one attached hydrogen (secondary N) is 1. The Morgan fingerprint density at radius 1 is 1.24 bits per heavy atom. The molecule has 0 bridgehead atoms. The van der Waals surface area contributed by atoms with E-state index in [0.29, 0.717) is 13.0 Å². The van der Waals surface area contributed by atoms with Crippen molar-refractivity contribution in [1.82, 2.24) is 9.03 Å².